The summed E-state index contributed by atoms with van der Waals surface area (Å²) >= 11 is 0. The SMILES string of the molecule is CCCCCNC(=O)c1cn(C)c(=O)n(C)c1=O. The van der Waals surface area contributed by atoms with Crippen LogP contribution in [0.1, 0.15) is 36.5 Å². The van der Waals surface area contributed by atoms with E-state index in [1.54, 1.807) is 0 Å². The van der Waals surface area contributed by atoms with Gasteiger partial charge in [-0.25, -0.2) is 4.79 Å². The monoisotopic (exact) mass is 253 g/mol. The Bertz CT molecular complexity index is 542. The van der Waals surface area contributed by atoms with Gasteiger partial charge in [0.2, 0.25) is 0 Å². The zero-order valence-electron chi connectivity index (χ0n) is 11.0. The van der Waals surface area contributed by atoms with Crippen molar-refractivity contribution < 1.29 is 4.79 Å². The van der Waals surface area contributed by atoms with Crippen molar-refractivity contribution in [2.24, 2.45) is 14.1 Å². The van der Waals surface area contributed by atoms with Crippen molar-refractivity contribution >= 4 is 5.91 Å². The van der Waals surface area contributed by atoms with Gasteiger partial charge in [-0.05, 0) is 6.42 Å². The molecule has 1 N–H and O–H groups in total. The van der Waals surface area contributed by atoms with Crippen LogP contribution >= 0.6 is 0 Å². The third-order valence-electron chi connectivity index (χ3n) is 2.76. The van der Waals surface area contributed by atoms with E-state index in [-0.39, 0.29) is 5.56 Å². The summed E-state index contributed by atoms with van der Waals surface area (Å²) in [6, 6.07) is 0. The molecule has 0 unspecified atom stereocenters. The third-order valence-corrected chi connectivity index (χ3v) is 2.76. The Hall–Kier alpha value is -1.85. The summed E-state index contributed by atoms with van der Waals surface area (Å²) < 4.78 is 2.16. The molecule has 0 atom stereocenters. The highest BCUT2D eigenvalue weighted by Gasteiger charge is 2.13. The number of hydrogen-bond donors (Lipinski definition) is 1. The van der Waals surface area contributed by atoms with Gasteiger partial charge in [-0.3, -0.25) is 14.2 Å². The lowest BCUT2D eigenvalue weighted by atomic mass is 10.2. The number of carbonyl (C=O) groups is 1. The first-order valence-electron chi connectivity index (χ1n) is 6.04. The second-order valence-electron chi connectivity index (χ2n) is 4.26. The molecule has 0 aliphatic carbocycles. The summed E-state index contributed by atoms with van der Waals surface area (Å²) in [4.78, 5) is 35.0. The molecular weight excluding hydrogens is 234 g/mol. The molecule has 0 bridgehead atoms. The topological polar surface area (TPSA) is 73.1 Å². The van der Waals surface area contributed by atoms with Crippen molar-refractivity contribution in [3.05, 3.63) is 32.6 Å². The van der Waals surface area contributed by atoms with Crippen LogP contribution in [0.3, 0.4) is 0 Å². The average Bonchev–Trinajstić information content (AvgIpc) is 2.36. The fourth-order valence-corrected chi connectivity index (χ4v) is 1.64. The van der Waals surface area contributed by atoms with Crippen LogP contribution in [0.15, 0.2) is 15.8 Å². The highest BCUT2D eigenvalue weighted by atomic mass is 16.2. The van der Waals surface area contributed by atoms with Gasteiger partial charge in [0.1, 0.15) is 5.56 Å². The lowest BCUT2D eigenvalue weighted by molar-refractivity contribution is 0.0950. The van der Waals surface area contributed by atoms with Crippen LogP contribution in [-0.2, 0) is 14.1 Å². The Morgan fingerprint density at radius 3 is 2.56 bits per heavy atom. The van der Waals surface area contributed by atoms with Crippen LogP contribution in [0.4, 0.5) is 0 Å². The zero-order valence-corrected chi connectivity index (χ0v) is 11.0. The molecule has 1 rings (SSSR count). The Kier molecular flexibility index (Phi) is 4.88. The number of hydrogen-bond acceptors (Lipinski definition) is 3. The first-order valence-corrected chi connectivity index (χ1v) is 6.04. The van der Waals surface area contributed by atoms with Crippen molar-refractivity contribution in [1.82, 2.24) is 14.5 Å². The summed E-state index contributed by atoms with van der Waals surface area (Å²) in [7, 11) is 2.87. The van der Waals surface area contributed by atoms with E-state index in [4.69, 9.17) is 0 Å². The number of nitrogens with one attached hydrogen (secondary N) is 1. The van der Waals surface area contributed by atoms with Crippen molar-refractivity contribution in [2.45, 2.75) is 26.2 Å². The van der Waals surface area contributed by atoms with E-state index in [0.717, 1.165) is 23.8 Å². The van der Waals surface area contributed by atoms with E-state index < -0.39 is 17.2 Å². The first kappa shape index (κ1) is 14.2. The molecule has 0 aliphatic rings. The molecule has 0 aromatic carbocycles. The molecule has 0 radical (unpaired) electrons. The molecule has 100 valence electrons. The Labute approximate surface area is 105 Å². The Morgan fingerprint density at radius 1 is 1.28 bits per heavy atom. The molecule has 0 spiro atoms. The van der Waals surface area contributed by atoms with E-state index in [0.29, 0.717) is 6.54 Å². The predicted molar refractivity (Wildman–Crippen MR) is 68.8 cm³/mol. The maximum absolute atomic E-state index is 11.8. The van der Waals surface area contributed by atoms with Crippen LogP contribution in [-0.4, -0.2) is 21.6 Å². The minimum Gasteiger partial charge on any atom is -0.352 e. The molecule has 6 nitrogen and oxygen atoms in total. The fraction of sp³-hybridized carbons (Fsp3) is 0.583. The molecule has 0 aliphatic heterocycles. The summed E-state index contributed by atoms with van der Waals surface area (Å²) in [5.74, 6) is -0.428. The van der Waals surface area contributed by atoms with Gasteiger partial charge in [-0.1, -0.05) is 19.8 Å². The van der Waals surface area contributed by atoms with Crippen LogP contribution < -0.4 is 16.6 Å². The quantitative estimate of drug-likeness (QED) is 0.751. The highest BCUT2D eigenvalue weighted by molar-refractivity contribution is 5.93. The van der Waals surface area contributed by atoms with Gasteiger partial charge in [0, 0.05) is 26.8 Å². The highest BCUT2D eigenvalue weighted by Crippen LogP contribution is 1.93. The number of aromatic nitrogens is 2. The van der Waals surface area contributed by atoms with Crippen LogP contribution in [0.2, 0.25) is 0 Å². The maximum Gasteiger partial charge on any atom is 0.330 e. The number of unbranched alkanes of at least 4 members (excludes halogenated alkanes) is 2. The lowest BCUT2D eigenvalue weighted by Gasteiger charge is -2.07. The molecule has 0 saturated carbocycles. The zero-order chi connectivity index (χ0) is 13.7. The molecule has 1 heterocycles. The van der Waals surface area contributed by atoms with Crippen LogP contribution in [0, 0.1) is 0 Å². The molecule has 1 aromatic heterocycles. The van der Waals surface area contributed by atoms with Gasteiger partial charge in [-0.15, -0.1) is 0 Å². The summed E-state index contributed by atoms with van der Waals surface area (Å²) in [6.45, 7) is 2.61. The van der Waals surface area contributed by atoms with Gasteiger partial charge < -0.3 is 9.88 Å². The van der Waals surface area contributed by atoms with Gasteiger partial charge in [-0.2, -0.15) is 0 Å². The second kappa shape index (κ2) is 6.18. The molecule has 1 amide bonds. The molecule has 6 heteroatoms. The average molecular weight is 253 g/mol. The van der Waals surface area contributed by atoms with E-state index in [1.807, 2.05) is 0 Å². The normalized spacial score (nSPS) is 10.4. The van der Waals surface area contributed by atoms with Crippen molar-refractivity contribution in [3.63, 3.8) is 0 Å². The molecule has 0 saturated heterocycles. The Balaban J connectivity index is 2.87. The van der Waals surface area contributed by atoms with E-state index in [9.17, 15) is 14.4 Å². The molecule has 1 aromatic rings. The lowest BCUT2D eigenvalue weighted by Crippen LogP contribution is -2.42. The Morgan fingerprint density at radius 2 is 1.94 bits per heavy atom. The second-order valence-corrected chi connectivity index (χ2v) is 4.26. The van der Waals surface area contributed by atoms with E-state index in [1.165, 1.54) is 24.9 Å². The number of nitrogens with zero attached hydrogens (tertiary/aromatic N) is 2. The largest absolute Gasteiger partial charge is 0.352 e. The first-order chi connectivity index (χ1) is 8.49. The smallest absolute Gasteiger partial charge is 0.330 e. The van der Waals surface area contributed by atoms with Crippen molar-refractivity contribution in [3.8, 4) is 0 Å². The maximum atomic E-state index is 11.8. The standard InChI is InChI=1S/C12H19N3O3/c1-4-5-6-7-13-10(16)9-8-14(2)12(18)15(3)11(9)17/h8H,4-7H2,1-3H3,(H,13,16). The molecule has 18 heavy (non-hydrogen) atoms. The van der Waals surface area contributed by atoms with Crippen LogP contribution in [0.5, 0.6) is 0 Å². The van der Waals surface area contributed by atoms with Gasteiger partial charge in [0.25, 0.3) is 11.5 Å². The molecular formula is C12H19N3O3. The molecule has 0 fully saturated rings. The minimum absolute atomic E-state index is 0.00361. The number of carbonyl (C=O) groups excluding carboxylic acids is 1. The number of amides is 1. The van der Waals surface area contributed by atoms with Crippen LogP contribution in [0.25, 0.3) is 0 Å². The van der Waals surface area contributed by atoms with Gasteiger partial charge in [0.15, 0.2) is 0 Å². The van der Waals surface area contributed by atoms with Gasteiger partial charge >= 0.3 is 5.69 Å². The predicted octanol–water partition coefficient (Wildman–Crippen LogP) is 0.00400. The summed E-state index contributed by atoms with van der Waals surface area (Å²) in [5, 5.41) is 2.68. The number of aryl methyl sites for hydroxylation is 1. The van der Waals surface area contributed by atoms with Gasteiger partial charge in [0.05, 0.1) is 0 Å². The third kappa shape index (κ3) is 3.09. The summed E-state index contributed by atoms with van der Waals surface area (Å²) in [5.41, 5.74) is -1.01. The summed E-state index contributed by atoms with van der Waals surface area (Å²) in [6.07, 6.45) is 4.26. The van der Waals surface area contributed by atoms with E-state index in [2.05, 4.69) is 12.2 Å². The van der Waals surface area contributed by atoms with Crippen molar-refractivity contribution in [1.29, 1.82) is 0 Å². The fourth-order valence-electron chi connectivity index (χ4n) is 1.64. The van der Waals surface area contributed by atoms with Crippen molar-refractivity contribution in [2.75, 3.05) is 6.54 Å². The number of rotatable bonds is 5. The van der Waals surface area contributed by atoms with E-state index >= 15 is 0 Å². The minimum atomic E-state index is -0.564.